The fourth-order valence-electron chi connectivity index (χ4n) is 2.20. The van der Waals surface area contributed by atoms with Gasteiger partial charge >= 0.3 is 6.03 Å². The molecule has 2 amide bonds. The molecule has 0 atom stereocenters. The van der Waals surface area contributed by atoms with E-state index in [1.807, 2.05) is 0 Å². The summed E-state index contributed by atoms with van der Waals surface area (Å²) in [5, 5.41) is 14.2. The molecule has 0 spiro atoms. The number of nitrogens with one attached hydrogen (secondary N) is 1. The Bertz CT molecular complexity index is 398. The molecule has 1 aliphatic rings. The molecule has 2 rings (SSSR count). The Balaban J connectivity index is 1.83. The molecule has 1 N–H and O–H groups in total. The lowest BCUT2D eigenvalue weighted by Gasteiger charge is -2.25. The Morgan fingerprint density at radius 3 is 2.78 bits per heavy atom. The van der Waals surface area contributed by atoms with E-state index >= 15 is 0 Å². The van der Waals surface area contributed by atoms with Gasteiger partial charge in [-0.25, -0.2) is 9.48 Å². The summed E-state index contributed by atoms with van der Waals surface area (Å²) < 4.78 is 1.57. The van der Waals surface area contributed by atoms with E-state index in [2.05, 4.69) is 20.8 Å². The molecule has 1 fully saturated rings. The number of carbonyl (C=O) groups excluding carboxylic acids is 1. The predicted octanol–water partition coefficient (Wildman–Crippen LogP) is 0.684. The summed E-state index contributed by atoms with van der Waals surface area (Å²) in [5.74, 6) is 0.677. The topological polar surface area (TPSA) is 75.9 Å². The van der Waals surface area contributed by atoms with Crippen LogP contribution in [-0.2, 0) is 13.6 Å². The smallest absolute Gasteiger partial charge is 0.317 e. The van der Waals surface area contributed by atoms with Crippen molar-refractivity contribution in [2.75, 3.05) is 7.05 Å². The number of aromatic nitrogens is 4. The van der Waals surface area contributed by atoms with Gasteiger partial charge in [-0.1, -0.05) is 19.3 Å². The Morgan fingerprint density at radius 1 is 1.44 bits per heavy atom. The Morgan fingerprint density at radius 2 is 2.17 bits per heavy atom. The summed E-state index contributed by atoms with van der Waals surface area (Å²) in [4.78, 5) is 13.6. The Hall–Kier alpha value is -1.66. The summed E-state index contributed by atoms with van der Waals surface area (Å²) in [7, 11) is 3.52. The van der Waals surface area contributed by atoms with Crippen molar-refractivity contribution in [1.29, 1.82) is 0 Å². The SMILES string of the molecule is CN(Cc1nnnn1C)C(=O)NC1CCCCC1. The van der Waals surface area contributed by atoms with Crippen LogP contribution in [0.2, 0.25) is 0 Å². The van der Waals surface area contributed by atoms with E-state index in [1.54, 1.807) is 23.7 Å². The van der Waals surface area contributed by atoms with E-state index in [4.69, 9.17) is 0 Å². The number of hydrogen-bond donors (Lipinski definition) is 1. The fraction of sp³-hybridized carbons (Fsp3) is 0.818. The monoisotopic (exact) mass is 252 g/mol. The molecule has 1 aromatic rings. The molecule has 18 heavy (non-hydrogen) atoms. The van der Waals surface area contributed by atoms with Crippen LogP contribution in [0.15, 0.2) is 0 Å². The van der Waals surface area contributed by atoms with E-state index in [9.17, 15) is 4.79 Å². The number of amides is 2. The first-order chi connectivity index (χ1) is 8.66. The molecule has 1 aromatic heterocycles. The summed E-state index contributed by atoms with van der Waals surface area (Å²) in [6.45, 7) is 0.419. The summed E-state index contributed by atoms with van der Waals surface area (Å²) in [6.07, 6.45) is 5.88. The Kier molecular flexibility index (Phi) is 4.11. The zero-order valence-corrected chi connectivity index (χ0v) is 11.0. The van der Waals surface area contributed by atoms with Gasteiger partial charge in [0.1, 0.15) is 0 Å². The van der Waals surface area contributed by atoms with Gasteiger partial charge < -0.3 is 10.2 Å². The molecule has 0 aromatic carbocycles. The Labute approximate surface area is 107 Å². The van der Waals surface area contributed by atoms with Gasteiger partial charge in [-0.15, -0.1) is 5.10 Å². The van der Waals surface area contributed by atoms with Crippen LogP contribution in [0, 0.1) is 0 Å². The number of hydrogen-bond acceptors (Lipinski definition) is 4. The zero-order valence-electron chi connectivity index (χ0n) is 11.0. The van der Waals surface area contributed by atoms with Gasteiger partial charge in [0.15, 0.2) is 5.82 Å². The van der Waals surface area contributed by atoms with Crippen molar-refractivity contribution in [2.24, 2.45) is 7.05 Å². The van der Waals surface area contributed by atoms with Crippen molar-refractivity contribution >= 4 is 6.03 Å². The number of carbonyl (C=O) groups is 1. The number of tetrazole rings is 1. The minimum absolute atomic E-state index is 0.0510. The normalized spacial score (nSPS) is 16.6. The van der Waals surface area contributed by atoms with Crippen LogP contribution < -0.4 is 5.32 Å². The van der Waals surface area contributed by atoms with E-state index in [1.165, 1.54) is 19.3 Å². The minimum Gasteiger partial charge on any atom is -0.335 e. The summed E-state index contributed by atoms with van der Waals surface area (Å²) >= 11 is 0. The molecule has 0 bridgehead atoms. The van der Waals surface area contributed by atoms with Crippen molar-refractivity contribution in [2.45, 2.75) is 44.7 Å². The predicted molar refractivity (Wildman–Crippen MR) is 65.7 cm³/mol. The van der Waals surface area contributed by atoms with Crippen LogP contribution in [-0.4, -0.2) is 44.2 Å². The van der Waals surface area contributed by atoms with Crippen molar-refractivity contribution in [3.63, 3.8) is 0 Å². The molecule has 1 heterocycles. The average molecular weight is 252 g/mol. The number of aryl methyl sites for hydroxylation is 1. The lowest BCUT2D eigenvalue weighted by atomic mass is 9.96. The number of rotatable bonds is 3. The first-order valence-electron chi connectivity index (χ1n) is 6.39. The van der Waals surface area contributed by atoms with E-state index in [0.29, 0.717) is 18.4 Å². The minimum atomic E-state index is -0.0510. The highest BCUT2D eigenvalue weighted by Gasteiger charge is 2.18. The molecule has 1 aliphatic carbocycles. The summed E-state index contributed by atoms with van der Waals surface area (Å²) in [5.41, 5.74) is 0. The summed E-state index contributed by atoms with van der Waals surface area (Å²) in [6, 6.07) is 0.274. The van der Waals surface area contributed by atoms with Gasteiger partial charge in [0.25, 0.3) is 0 Å². The average Bonchev–Trinajstić information content (AvgIpc) is 2.76. The largest absolute Gasteiger partial charge is 0.335 e. The molecule has 0 saturated heterocycles. The van der Waals surface area contributed by atoms with Gasteiger partial charge in [-0.3, -0.25) is 0 Å². The number of nitrogens with zero attached hydrogens (tertiary/aromatic N) is 5. The molecule has 0 radical (unpaired) electrons. The maximum atomic E-state index is 12.0. The van der Waals surface area contributed by atoms with Crippen LogP contribution in [0.3, 0.4) is 0 Å². The second kappa shape index (κ2) is 5.79. The van der Waals surface area contributed by atoms with Crippen LogP contribution in [0.25, 0.3) is 0 Å². The molecule has 0 aliphatic heterocycles. The van der Waals surface area contributed by atoms with Crippen molar-refractivity contribution in [1.82, 2.24) is 30.4 Å². The molecule has 7 nitrogen and oxygen atoms in total. The zero-order chi connectivity index (χ0) is 13.0. The van der Waals surface area contributed by atoms with Crippen LogP contribution in [0.1, 0.15) is 37.9 Å². The first kappa shape index (κ1) is 12.8. The standard InChI is InChI=1S/C11H20N6O/c1-16(8-10-13-14-15-17(10)2)11(18)12-9-6-4-3-5-7-9/h9H,3-8H2,1-2H3,(H,12,18). The second-order valence-corrected chi connectivity index (χ2v) is 4.86. The third-order valence-corrected chi connectivity index (χ3v) is 3.37. The number of urea groups is 1. The second-order valence-electron chi connectivity index (χ2n) is 4.86. The van der Waals surface area contributed by atoms with Gasteiger partial charge in [-0.05, 0) is 23.3 Å². The highest BCUT2D eigenvalue weighted by Crippen LogP contribution is 2.17. The molecule has 100 valence electrons. The van der Waals surface area contributed by atoms with Gasteiger partial charge in [0, 0.05) is 20.1 Å². The van der Waals surface area contributed by atoms with Crippen molar-refractivity contribution in [3.8, 4) is 0 Å². The van der Waals surface area contributed by atoms with Crippen LogP contribution >= 0.6 is 0 Å². The van der Waals surface area contributed by atoms with E-state index in [-0.39, 0.29) is 6.03 Å². The molecule has 0 unspecified atom stereocenters. The quantitative estimate of drug-likeness (QED) is 0.858. The van der Waals surface area contributed by atoms with Crippen molar-refractivity contribution in [3.05, 3.63) is 5.82 Å². The third kappa shape index (κ3) is 3.18. The highest BCUT2D eigenvalue weighted by molar-refractivity contribution is 5.74. The van der Waals surface area contributed by atoms with Crippen molar-refractivity contribution < 1.29 is 4.79 Å². The maximum Gasteiger partial charge on any atom is 0.317 e. The fourth-order valence-corrected chi connectivity index (χ4v) is 2.20. The lowest BCUT2D eigenvalue weighted by molar-refractivity contribution is 0.197. The van der Waals surface area contributed by atoms with Gasteiger partial charge in [0.2, 0.25) is 0 Å². The molecular weight excluding hydrogens is 232 g/mol. The van der Waals surface area contributed by atoms with E-state index in [0.717, 1.165) is 12.8 Å². The lowest BCUT2D eigenvalue weighted by Crippen LogP contribution is -2.43. The molecule has 7 heteroatoms. The molecule has 1 saturated carbocycles. The highest BCUT2D eigenvalue weighted by atomic mass is 16.2. The van der Waals surface area contributed by atoms with Crippen LogP contribution in [0.5, 0.6) is 0 Å². The first-order valence-corrected chi connectivity index (χ1v) is 6.39. The van der Waals surface area contributed by atoms with Crippen LogP contribution in [0.4, 0.5) is 4.79 Å². The van der Waals surface area contributed by atoms with E-state index < -0.39 is 0 Å². The van der Waals surface area contributed by atoms with Gasteiger partial charge in [0.05, 0.1) is 6.54 Å². The third-order valence-electron chi connectivity index (χ3n) is 3.37. The molecular formula is C11H20N6O. The maximum absolute atomic E-state index is 12.0. The van der Waals surface area contributed by atoms with Gasteiger partial charge in [-0.2, -0.15) is 0 Å².